The van der Waals surface area contributed by atoms with Gasteiger partial charge in [0.2, 0.25) is 0 Å². The van der Waals surface area contributed by atoms with Crippen molar-refractivity contribution in [3.05, 3.63) is 23.9 Å². The van der Waals surface area contributed by atoms with Crippen molar-refractivity contribution >= 4 is 11.8 Å². The minimum atomic E-state index is -0.354. The Labute approximate surface area is 83.1 Å². The van der Waals surface area contributed by atoms with Crippen LogP contribution in [0, 0.1) is 5.92 Å². The van der Waals surface area contributed by atoms with E-state index in [9.17, 15) is 4.79 Å². The zero-order chi connectivity index (χ0) is 10.6. The number of carbonyl (C=O) groups is 1. The quantitative estimate of drug-likeness (QED) is 0.740. The predicted molar refractivity (Wildman–Crippen MR) is 53.8 cm³/mol. The van der Waals surface area contributed by atoms with Gasteiger partial charge in [-0.05, 0) is 18.1 Å². The fourth-order valence-electron chi connectivity index (χ4n) is 0.901. The fourth-order valence-corrected chi connectivity index (χ4v) is 0.901. The molecule has 1 aromatic heterocycles. The van der Waals surface area contributed by atoms with Gasteiger partial charge in [-0.15, -0.1) is 0 Å². The van der Waals surface area contributed by atoms with Gasteiger partial charge in [0.1, 0.15) is 5.82 Å². The minimum absolute atomic E-state index is 0.323. The topological polar surface area (TPSA) is 65.2 Å². The summed E-state index contributed by atoms with van der Waals surface area (Å²) in [6.45, 7) is 4.38. The van der Waals surface area contributed by atoms with Crippen LogP contribution in [-0.2, 0) is 4.74 Å². The molecule has 4 heteroatoms. The summed E-state index contributed by atoms with van der Waals surface area (Å²) < 4.78 is 5.02. The van der Waals surface area contributed by atoms with Gasteiger partial charge < -0.3 is 10.5 Å². The van der Waals surface area contributed by atoms with Crippen LogP contribution in [0.3, 0.4) is 0 Å². The number of nitrogens with two attached hydrogens (primary N) is 1. The summed E-state index contributed by atoms with van der Waals surface area (Å²) in [6.07, 6.45) is 1.49. The van der Waals surface area contributed by atoms with E-state index in [2.05, 4.69) is 4.98 Å². The van der Waals surface area contributed by atoms with E-state index in [0.29, 0.717) is 23.9 Å². The predicted octanol–water partition coefficient (Wildman–Crippen LogP) is 1.48. The van der Waals surface area contributed by atoms with Crippen LogP contribution in [0.5, 0.6) is 0 Å². The normalized spacial score (nSPS) is 10.2. The number of hydrogen-bond donors (Lipinski definition) is 1. The molecule has 0 fully saturated rings. The second kappa shape index (κ2) is 4.60. The number of pyridine rings is 1. The Morgan fingerprint density at radius 1 is 1.64 bits per heavy atom. The minimum Gasteiger partial charge on any atom is -0.462 e. The van der Waals surface area contributed by atoms with E-state index in [1.165, 1.54) is 12.3 Å². The fraction of sp³-hybridized carbons (Fsp3) is 0.400. The number of nitrogen functional groups attached to an aromatic ring is 1. The first-order chi connectivity index (χ1) is 6.59. The third-order valence-corrected chi connectivity index (χ3v) is 1.56. The monoisotopic (exact) mass is 194 g/mol. The first kappa shape index (κ1) is 10.5. The first-order valence-electron chi connectivity index (χ1n) is 4.48. The number of hydrogen-bond acceptors (Lipinski definition) is 4. The van der Waals surface area contributed by atoms with E-state index in [0.717, 1.165) is 0 Å². The summed E-state index contributed by atoms with van der Waals surface area (Å²) in [5.41, 5.74) is 5.88. The smallest absolute Gasteiger partial charge is 0.338 e. The van der Waals surface area contributed by atoms with Crippen molar-refractivity contribution in [1.29, 1.82) is 0 Å². The number of nitrogens with zero attached hydrogens (tertiary/aromatic N) is 1. The Morgan fingerprint density at radius 2 is 2.36 bits per heavy atom. The molecule has 1 rings (SSSR count). The summed E-state index contributed by atoms with van der Waals surface area (Å²) in [5, 5.41) is 0. The van der Waals surface area contributed by atoms with Crippen LogP contribution in [0.4, 0.5) is 5.82 Å². The Kier molecular flexibility index (Phi) is 3.45. The third-order valence-electron chi connectivity index (χ3n) is 1.56. The van der Waals surface area contributed by atoms with E-state index >= 15 is 0 Å². The zero-order valence-electron chi connectivity index (χ0n) is 8.36. The lowest BCUT2D eigenvalue weighted by molar-refractivity contribution is 0.0459. The number of aromatic nitrogens is 1. The summed E-state index contributed by atoms with van der Waals surface area (Å²) in [5.74, 6) is 0.301. The van der Waals surface area contributed by atoms with Crippen molar-refractivity contribution in [3.8, 4) is 0 Å². The maximum absolute atomic E-state index is 11.4. The molecule has 4 nitrogen and oxygen atoms in total. The highest BCUT2D eigenvalue weighted by Gasteiger charge is 2.07. The highest BCUT2D eigenvalue weighted by Crippen LogP contribution is 2.05. The molecule has 0 amide bonds. The lowest BCUT2D eigenvalue weighted by atomic mass is 10.2. The Balaban J connectivity index is 2.61. The molecular weight excluding hydrogens is 180 g/mol. The highest BCUT2D eigenvalue weighted by atomic mass is 16.5. The summed E-state index contributed by atoms with van der Waals surface area (Å²) >= 11 is 0. The average Bonchev–Trinajstić information content (AvgIpc) is 2.14. The van der Waals surface area contributed by atoms with Crippen LogP contribution in [-0.4, -0.2) is 17.6 Å². The maximum Gasteiger partial charge on any atom is 0.338 e. The van der Waals surface area contributed by atoms with Crippen molar-refractivity contribution in [2.24, 2.45) is 5.92 Å². The first-order valence-corrected chi connectivity index (χ1v) is 4.48. The van der Waals surface area contributed by atoms with Gasteiger partial charge >= 0.3 is 5.97 Å². The molecule has 0 unspecified atom stereocenters. The Bertz CT molecular complexity index is 324. The maximum atomic E-state index is 11.4. The molecule has 0 atom stereocenters. The van der Waals surface area contributed by atoms with Crippen molar-refractivity contribution in [2.45, 2.75) is 13.8 Å². The summed E-state index contributed by atoms with van der Waals surface area (Å²) in [4.78, 5) is 15.2. The second-order valence-corrected chi connectivity index (χ2v) is 3.46. The van der Waals surface area contributed by atoms with Crippen molar-refractivity contribution in [1.82, 2.24) is 4.98 Å². The lowest BCUT2D eigenvalue weighted by Crippen LogP contribution is -2.10. The Morgan fingerprint density at radius 3 is 2.93 bits per heavy atom. The molecule has 0 aliphatic carbocycles. The zero-order valence-corrected chi connectivity index (χ0v) is 8.36. The van der Waals surface area contributed by atoms with E-state index in [1.807, 2.05) is 13.8 Å². The van der Waals surface area contributed by atoms with E-state index in [-0.39, 0.29) is 5.97 Å². The molecule has 2 N–H and O–H groups in total. The largest absolute Gasteiger partial charge is 0.462 e. The van der Waals surface area contributed by atoms with Gasteiger partial charge in [0.25, 0.3) is 0 Å². The van der Waals surface area contributed by atoms with E-state index < -0.39 is 0 Å². The van der Waals surface area contributed by atoms with Crippen LogP contribution in [0.2, 0.25) is 0 Å². The van der Waals surface area contributed by atoms with Crippen LogP contribution in [0.25, 0.3) is 0 Å². The van der Waals surface area contributed by atoms with Gasteiger partial charge in [0.05, 0.1) is 12.2 Å². The van der Waals surface area contributed by atoms with Crippen molar-refractivity contribution in [2.75, 3.05) is 12.3 Å². The van der Waals surface area contributed by atoms with Crippen LogP contribution >= 0.6 is 0 Å². The number of rotatable bonds is 3. The highest BCUT2D eigenvalue weighted by molar-refractivity contribution is 5.89. The van der Waals surface area contributed by atoms with Crippen LogP contribution < -0.4 is 5.73 Å². The standard InChI is InChI=1S/C10H14N2O2/c1-7(2)6-14-10(13)8-3-4-12-9(11)5-8/h3-5,7H,6H2,1-2H3,(H2,11,12). The molecule has 0 bridgehead atoms. The van der Waals surface area contributed by atoms with Crippen LogP contribution in [0.1, 0.15) is 24.2 Å². The molecule has 14 heavy (non-hydrogen) atoms. The van der Waals surface area contributed by atoms with Gasteiger partial charge in [-0.2, -0.15) is 0 Å². The molecule has 0 saturated heterocycles. The van der Waals surface area contributed by atoms with Crippen molar-refractivity contribution < 1.29 is 9.53 Å². The van der Waals surface area contributed by atoms with Crippen LogP contribution in [0.15, 0.2) is 18.3 Å². The van der Waals surface area contributed by atoms with E-state index in [4.69, 9.17) is 10.5 Å². The molecular formula is C10H14N2O2. The number of carbonyl (C=O) groups excluding carboxylic acids is 1. The van der Waals surface area contributed by atoms with Crippen molar-refractivity contribution in [3.63, 3.8) is 0 Å². The van der Waals surface area contributed by atoms with Gasteiger partial charge in [-0.25, -0.2) is 9.78 Å². The SMILES string of the molecule is CC(C)COC(=O)c1ccnc(N)c1. The third kappa shape index (κ3) is 3.05. The average molecular weight is 194 g/mol. The molecule has 1 aromatic rings. The van der Waals surface area contributed by atoms with E-state index in [1.54, 1.807) is 6.07 Å². The molecule has 0 saturated carbocycles. The van der Waals surface area contributed by atoms with Gasteiger partial charge in [-0.1, -0.05) is 13.8 Å². The molecule has 76 valence electrons. The summed E-state index contributed by atoms with van der Waals surface area (Å²) in [7, 11) is 0. The lowest BCUT2D eigenvalue weighted by Gasteiger charge is -2.06. The molecule has 0 radical (unpaired) electrons. The molecule has 0 aliphatic heterocycles. The summed E-state index contributed by atoms with van der Waals surface area (Å²) in [6, 6.07) is 3.08. The van der Waals surface area contributed by atoms with Gasteiger partial charge in [0, 0.05) is 6.20 Å². The molecule has 0 spiro atoms. The van der Waals surface area contributed by atoms with Gasteiger partial charge in [-0.3, -0.25) is 0 Å². The number of ether oxygens (including phenoxy) is 1. The number of esters is 1. The Hall–Kier alpha value is -1.58. The molecule has 0 aliphatic rings. The molecule has 1 heterocycles. The van der Waals surface area contributed by atoms with Gasteiger partial charge in [0.15, 0.2) is 0 Å². The second-order valence-electron chi connectivity index (χ2n) is 3.46. The number of anilines is 1. The molecule has 0 aromatic carbocycles.